The predicted octanol–water partition coefficient (Wildman–Crippen LogP) is 8.31. The Morgan fingerprint density at radius 2 is 1.00 bits per heavy atom. The monoisotopic (exact) mass is 405 g/mol. The van der Waals surface area contributed by atoms with Crippen molar-refractivity contribution in [1.29, 1.82) is 0 Å². The number of hydrogen-bond acceptors (Lipinski definition) is 0. The Balaban J connectivity index is 1.84. The van der Waals surface area contributed by atoms with E-state index in [-0.39, 0.29) is 0 Å². The van der Waals surface area contributed by atoms with Crippen LogP contribution in [0.25, 0.3) is 0 Å². The Morgan fingerprint density at radius 1 is 0.586 bits per heavy atom. The Labute approximate surface area is 183 Å². The summed E-state index contributed by atoms with van der Waals surface area (Å²) in [5, 5.41) is 0. The van der Waals surface area contributed by atoms with Crippen LogP contribution in [0.1, 0.15) is 142 Å². The lowest BCUT2D eigenvalue weighted by atomic mass is 10.0. The van der Waals surface area contributed by atoms with Gasteiger partial charge in [0.25, 0.3) is 5.82 Å². The van der Waals surface area contributed by atoms with Crippen molar-refractivity contribution in [2.24, 2.45) is 7.05 Å². The average molecular weight is 406 g/mol. The smallest absolute Gasteiger partial charge is 0.237 e. The van der Waals surface area contributed by atoms with Crippen molar-refractivity contribution in [2.75, 3.05) is 0 Å². The van der Waals surface area contributed by atoms with E-state index >= 15 is 0 Å². The lowest BCUT2D eigenvalue weighted by Gasteiger charge is -2.04. The first-order valence-corrected chi connectivity index (χ1v) is 13.3. The van der Waals surface area contributed by atoms with Crippen molar-refractivity contribution in [2.45, 2.75) is 149 Å². The fraction of sp³-hybridized carbons (Fsp3) is 0.889. The average Bonchev–Trinajstić information content (AvgIpc) is 3.08. The number of unbranched alkanes of at least 4 members (excludes halogenated alkanes) is 17. The fourth-order valence-electron chi connectivity index (χ4n) is 4.42. The SMILES string of the molecule is CCCCCCCCCCCCCCCCCCCn1cc[n+](C)c1CCCC. The summed E-state index contributed by atoms with van der Waals surface area (Å²) < 4.78 is 4.80. The maximum Gasteiger partial charge on any atom is 0.256 e. The minimum Gasteiger partial charge on any atom is -0.237 e. The maximum atomic E-state index is 2.49. The van der Waals surface area contributed by atoms with Gasteiger partial charge in [0.2, 0.25) is 0 Å². The van der Waals surface area contributed by atoms with Crippen LogP contribution in [-0.2, 0) is 20.0 Å². The van der Waals surface area contributed by atoms with Crippen molar-refractivity contribution in [3.63, 3.8) is 0 Å². The van der Waals surface area contributed by atoms with Gasteiger partial charge in [0.15, 0.2) is 0 Å². The number of nitrogens with zero attached hydrogens (tertiary/aromatic N) is 2. The highest BCUT2D eigenvalue weighted by Gasteiger charge is 2.12. The van der Waals surface area contributed by atoms with E-state index in [0.29, 0.717) is 0 Å². The zero-order chi connectivity index (χ0) is 21.0. The van der Waals surface area contributed by atoms with Crippen molar-refractivity contribution in [3.8, 4) is 0 Å². The molecular weight excluding hydrogens is 352 g/mol. The molecule has 1 rings (SSSR count). The molecule has 1 aromatic heterocycles. The van der Waals surface area contributed by atoms with E-state index in [1.807, 2.05) is 0 Å². The topological polar surface area (TPSA) is 8.81 Å². The van der Waals surface area contributed by atoms with Gasteiger partial charge in [-0.05, 0) is 19.3 Å². The van der Waals surface area contributed by atoms with Crippen LogP contribution in [0.5, 0.6) is 0 Å². The summed E-state index contributed by atoms with van der Waals surface area (Å²) in [6, 6.07) is 0. The molecule has 1 aromatic rings. The molecule has 1 heterocycles. The molecule has 0 aliphatic carbocycles. The minimum atomic E-state index is 1.21. The van der Waals surface area contributed by atoms with E-state index in [1.165, 1.54) is 141 Å². The standard InChI is InChI=1S/C27H53N2/c1-4-6-8-9-10-11-12-13-14-15-16-17-18-19-20-21-22-24-29-26-25-28(3)27(29)23-7-5-2/h25-26H,4-24H2,1-3H3/q+1. The van der Waals surface area contributed by atoms with E-state index in [2.05, 4.69) is 42.4 Å². The molecule has 29 heavy (non-hydrogen) atoms. The molecule has 0 unspecified atom stereocenters. The van der Waals surface area contributed by atoms with Gasteiger partial charge in [-0.15, -0.1) is 0 Å². The van der Waals surface area contributed by atoms with Crippen molar-refractivity contribution in [1.82, 2.24) is 4.57 Å². The summed E-state index contributed by atoms with van der Waals surface area (Å²) in [5.41, 5.74) is 0. The van der Waals surface area contributed by atoms with E-state index in [1.54, 1.807) is 0 Å². The Hall–Kier alpha value is -0.790. The van der Waals surface area contributed by atoms with Crippen LogP contribution in [0, 0.1) is 0 Å². The van der Waals surface area contributed by atoms with Crippen LogP contribution in [-0.4, -0.2) is 4.57 Å². The zero-order valence-electron chi connectivity index (χ0n) is 20.4. The highest BCUT2D eigenvalue weighted by atomic mass is 15.1. The van der Waals surface area contributed by atoms with Crippen LogP contribution < -0.4 is 4.57 Å². The quantitative estimate of drug-likeness (QED) is 0.144. The molecular formula is C27H53N2+. The number of hydrogen-bond donors (Lipinski definition) is 0. The Morgan fingerprint density at radius 3 is 1.45 bits per heavy atom. The van der Waals surface area contributed by atoms with E-state index in [9.17, 15) is 0 Å². The molecule has 0 amide bonds. The van der Waals surface area contributed by atoms with Gasteiger partial charge in [-0.2, -0.15) is 0 Å². The zero-order valence-corrected chi connectivity index (χ0v) is 20.4. The first-order valence-electron chi connectivity index (χ1n) is 13.3. The van der Waals surface area contributed by atoms with Gasteiger partial charge in [-0.1, -0.05) is 117 Å². The molecule has 0 radical (unpaired) electrons. The van der Waals surface area contributed by atoms with Crippen molar-refractivity contribution in [3.05, 3.63) is 18.2 Å². The molecule has 0 spiro atoms. The molecule has 2 nitrogen and oxygen atoms in total. The molecule has 2 heteroatoms. The number of imidazole rings is 1. The first-order chi connectivity index (χ1) is 14.3. The lowest BCUT2D eigenvalue weighted by Crippen LogP contribution is -2.32. The molecule has 0 saturated heterocycles. The maximum absolute atomic E-state index is 2.49. The van der Waals surface area contributed by atoms with Gasteiger partial charge in [0.05, 0.1) is 13.6 Å². The number of rotatable bonds is 21. The van der Waals surface area contributed by atoms with Gasteiger partial charge >= 0.3 is 0 Å². The van der Waals surface area contributed by atoms with Crippen molar-refractivity contribution < 1.29 is 4.57 Å². The summed E-state index contributed by atoms with van der Waals surface area (Å²) in [6.07, 6.45) is 32.9. The van der Waals surface area contributed by atoms with Gasteiger partial charge in [-0.3, -0.25) is 0 Å². The lowest BCUT2D eigenvalue weighted by molar-refractivity contribution is -0.678. The molecule has 0 saturated carbocycles. The molecule has 0 atom stereocenters. The third kappa shape index (κ3) is 13.9. The molecule has 0 fully saturated rings. The third-order valence-electron chi connectivity index (χ3n) is 6.47. The van der Waals surface area contributed by atoms with Crippen molar-refractivity contribution >= 4 is 0 Å². The second kappa shape index (κ2) is 19.2. The third-order valence-corrected chi connectivity index (χ3v) is 6.47. The van der Waals surface area contributed by atoms with E-state index in [0.717, 1.165) is 0 Å². The number of aryl methyl sites for hydroxylation is 2. The highest BCUT2D eigenvalue weighted by molar-refractivity contribution is 4.83. The predicted molar refractivity (Wildman–Crippen MR) is 128 cm³/mol. The molecule has 0 aliphatic rings. The van der Waals surface area contributed by atoms with E-state index in [4.69, 9.17) is 0 Å². The fourth-order valence-corrected chi connectivity index (χ4v) is 4.42. The normalized spacial score (nSPS) is 11.4. The first kappa shape index (κ1) is 26.2. The summed E-state index contributed by atoms with van der Waals surface area (Å²) in [5.74, 6) is 1.50. The van der Waals surface area contributed by atoms with Gasteiger partial charge in [0.1, 0.15) is 12.4 Å². The minimum absolute atomic E-state index is 1.21. The summed E-state index contributed by atoms with van der Waals surface area (Å²) in [4.78, 5) is 0. The Kier molecular flexibility index (Phi) is 17.4. The second-order valence-corrected chi connectivity index (χ2v) is 9.28. The second-order valence-electron chi connectivity index (χ2n) is 9.28. The van der Waals surface area contributed by atoms with Crippen LogP contribution in [0.15, 0.2) is 12.4 Å². The summed E-state index contributed by atoms with van der Waals surface area (Å²) in [6.45, 7) is 5.79. The molecule has 0 aliphatic heterocycles. The van der Waals surface area contributed by atoms with Crippen LogP contribution >= 0.6 is 0 Å². The number of aromatic nitrogens is 2. The Bertz CT molecular complexity index is 463. The van der Waals surface area contributed by atoms with Crippen LogP contribution in [0.4, 0.5) is 0 Å². The van der Waals surface area contributed by atoms with Crippen LogP contribution in [0.2, 0.25) is 0 Å². The molecule has 0 aromatic carbocycles. The van der Waals surface area contributed by atoms with Gasteiger partial charge in [0, 0.05) is 6.42 Å². The van der Waals surface area contributed by atoms with Gasteiger partial charge < -0.3 is 0 Å². The highest BCUT2D eigenvalue weighted by Crippen LogP contribution is 2.14. The molecule has 0 bridgehead atoms. The van der Waals surface area contributed by atoms with E-state index < -0.39 is 0 Å². The van der Waals surface area contributed by atoms with Crippen LogP contribution in [0.3, 0.4) is 0 Å². The molecule has 0 N–H and O–H groups in total. The molecule has 170 valence electrons. The van der Waals surface area contributed by atoms with Gasteiger partial charge in [-0.25, -0.2) is 9.13 Å². The summed E-state index contributed by atoms with van der Waals surface area (Å²) >= 11 is 0. The largest absolute Gasteiger partial charge is 0.256 e. The summed E-state index contributed by atoms with van der Waals surface area (Å²) in [7, 11) is 2.19.